The Bertz CT molecular complexity index is 606. The Morgan fingerprint density at radius 2 is 2.17 bits per heavy atom. The van der Waals surface area contributed by atoms with Crippen LogP contribution in [-0.4, -0.2) is 21.5 Å². The molecule has 0 bridgehead atoms. The zero-order valence-electron chi connectivity index (χ0n) is 9.94. The molecule has 0 radical (unpaired) electrons. The van der Waals surface area contributed by atoms with E-state index in [1.54, 1.807) is 6.20 Å². The summed E-state index contributed by atoms with van der Waals surface area (Å²) in [4.78, 5) is 12.0. The summed E-state index contributed by atoms with van der Waals surface area (Å²) in [7, 11) is 0. The number of pyridine rings is 1. The van der Waals surface area contributed by atoms with Gasteiger partial charge >= 0.3 is 0 Å². The van der Waals surface area contributed by atoms with Gasteiger partial charge in [-0.15, -0.1) is 0 Å². The number of aromatic nitrogens is 3. The largest absolute Gasteiger partial charge is 0.370 e. The van der Waals surface area contributed by atoms with Gasteiger partial charge in [-0.25, -0.2) is 4.98 Å². The second kappa shape index (κ2) is 4.86. The molecule has 1 aliphatic rings. The molecule has 92 valence electrons. The molecule has 18 heavy (non-hydrogen) atoms. The number of H-pyrrole nitrogens is 1. The van der Waals surface area contributed by atoms with Crippen LogP contribution >= 0.6 is 12.2 Å². The van der Waals surface area contributed by atoms with Crippen molar-refractivity contribution in [3.63, 3.8) is 0 Å². The Balaban J connectivity index is 2.20. The summed E-state index contributed by atoms with van der Waals surface area (Å²) in [6.45, 7) is 0.959. The summed E-state index contributed by atoms with van der Waals surface area (Å²) in [5, 5.41) is 3.35. The van der Waals surface area contributed by atoms with Crippen molar-refractivity contribution in [2.24, 2.45) is 0 Å². The van der Waals surface area contributed by atoms with E-state index in [4.69, 9.17) is 12.2 Å². The van der Waals surface area contributed by atoms with Crippen molar-refractivity contribution in [3.8, 4) is 11.4 Å². The highest BCUT2D eigenvalue weighted by Gasteiger charge is 2.15. The van der Waals surface area contributed by atoms with Gasteiger partial charge < -0.3 is 10.3 Å². The van der Waals surface area contributed by atoms with Crippen molar-refractivity contribution in [3.05, 3.63) is 34.7 Å². The van der Waals surface area contributed by atoms with Crippen molar-refractivity contribution in [1.82, 2.24) is 15.0 Å². The molecular formula is C13H14N4S. The monoisotopic (exact) mass is 258 g/mol. The van der Waals surface area contributed by atoms with Crippen LogP contribution in [-0.2, 0) is 6.42 Å². The molecule has 3 heterocycles. The van der Waals surface area contributed by atoms with E-state index in [1.807, 2.05) is 18.2 Å². The van der Waals surface area contributed by atoms with Crippen molar-refractivity contribution < 1.29 is 0 Å². The minimum atomic E-state index is 0.504. The molecule has 1 aliphatic heterocycles. The summed E-state index contributed by atoms with van der Waals surface area (Å²) in [5.74, 6) is 0.914. The molecule has 2 aromatic rings. The Hall–Kier alpha value is -1.75. The third-order valence-corrected chi connectivity index (χ3v) is 3.29. The molecule has 0 aromatic carbocycles. The van der Waals surface area contributed by atoms with Crippen LogP contribution in [0, 0.1) is 4.77 Å². The maximum Gasteiger partial charge on any atom is 0.199 e. The lowest BCUT2D eigenvalue weighted by atomic mass is 10.1. The summed E-state index contributed by atoms with van der Waals surface area (Å²) in [6.07, 6.45) is 5.12. The molecule has 0 unspecified atom stereocenters. The van der Waals surface area contributed by atoms with E-state index in [-0.39, 0.29) is 0 Å². The highest BCUT2D eigenvalue weighted by atomic mass is 32.1. The van der Waals surface area contributed by atoms with E-state index >= 15 is 0 Å². The fourth-order valence-corrected chi connectivity index (χ4v) is 2.44. The molecule has 0 saturated heterocycles. The van der Waals surface area contributed by atoms with Gasteiger partial charge in [0.1, 0.15) is 5.82 Å². The average Bonchev–Trinajstić information content (AvgIpc) is 2.64. The lowest BCUT2D eigenvalue weighted by Gasteiger charge is -2.11. The molecule has 3 rings (SSSR count). The van der Waals surface area contributed by atoms with Gasteiger partial charge in [-0.05, 0) is 43.6 Å². The number of aromatic amines is 1. The lowest BCUT2D eigenvalue weighted by Crippen LogP contribution is -2.05. The molecule has 0 amide bonds. The minimum absolute atomic E-state index is 0.504. The molecule has 0 spiro atoms. The molecule has 0 atom stereocenters. The SMILES string of the molecule is S=c1nc2c(c(-c3ccccn3)[nH]1)CCCCN2. The van der Waals surface area contributed by atoms with Crippen molar-refractivity contribution in [1.29, 1.82) is 0 Å². The number of nitrogens with zero attached hydrogens (tertiary/aromatic N) is 2. The predicted octanol–water partition coefficient (Wildman–Crippen LogP) is 2.95. The van der Waals surface area contributed by atoms with Crippen molar-refractivity contribution in [2.45, 2.75) is 19.3 Å². The molecule has 2 N–H and O–H groups in total. The summed E-state index contributed by atoms with van der Waals surface area (Å²) < 4.78 is 0.504. The Morgan fingerprint density at radius 3 is 3.00 bits per heavy atom. The van der Waals surface area contributed by atoms with Gasteiger partial charge in [-0.2, -0.15) is 0 Å². The molecule has 2 aromatic heterocycles. The van der Waals surface area contributed by atoms with Crippen LogP contribution in [0.25, 0.3) is 11.4 Å². The second-order valence-electron chi connectivity index (χ2n) is 4.34. The Kier molecular flexibility index (Phi) is 3.06. The average molecular weight is 258 g/mol. The first kappa shape index (κ1) is 11.3. The van der Waals surface area contributed by atoms with E-state index < -0.39 is 0 Å². The number of anilines is 1. The predicted molar refractivity (Wildman–Crippen MR) is 74.1 cm³/mol. The van der Waals surface area contributed by atoms with Crippen LogP contribution < -0.4 is 5.32 Å². The topological polar surface area (TPSA) is 53.6 Å². The first-order valence-corrected chi connectivity index (χ1v) is 6.54. The summed E-state index contributed by atoms with van der Waals surface area (Å²) in [5.41, 5.74) is 3.12. The maximum absolute atomic E-state index is 5.19. The summed E-state index contributed by atoms with van der Waals surface area (Å²) in [6, 6.07) is 5.89. The molecule has 0 aliphatic carbocycles. The van der Waals surface area contributed by atoms with E-state index in [0.717, 1.165) is 43.0 Å². The van der Waals surface area contributed by atoms with Crippen molar-refractivity contribution in [2.75, 3.05) is 11.9 Å². The Labute approximate surface area is 111 Å². The quantitative estimate of drug-likeness (QED) is 0.772. The van der Waals surface area contributed by atoms with E-state index in [1.165, 1.54) is 5.56 Å². The molecule has 5 heteroatoms. The lowest BCUT2D eigenvalue weighted by molar-refractivity contribution is 0.784. The highest BCUT2D eigenvalue weighted by molar-refractivity contribution is 7.71. The van der Waals surface area contributed by atoms with Crippen LogP contribution in [0.4, 0.5) is 5.82 Å². The number of fused-ring (bicyclic) bond motifs is 1. The van der Waals surface area contributed by atoms with Gasteiger partial charge in [0, 0.05) is 18.3 Å². The minimum Gasteiger partial charge on any atom is -0.370 e. The molecule has 4 nitrogen and oxygen atoms in total. The van der Waals surface area contributed by atoms with Crippen LogP contribution in [0.5, 0.6) is 0 Å². The Morgan fingerprint density at radius 1 is 1.22 bits per heavy atom. The normalized spacial score (nSPS) is 14.4. The first-order chi connectivity index (χ1) is 8.84. The number of hydrogen-bond donors (Lipinski definition) is 2. The van der Waals surface area contributed by atoms with Gasteiger partial charge in [0.2, 0.25) is 0 Å². The van der Waals surface area contributed by atoms with E-state index in [2.05, 4.69) is 20.3 Å². The fraction of sp³-hybridized carbons (Fsp3) is 0.308. The number of nitrogens with one attached hydrogen (secondary N) is 2. The van der Waals surface area contributed by atoms with Crippen LogP contribution in [0.1, 0.15) is 18.4 Å². The first-order valence-electron chi connectivity index (χ1n) is 6.13. The fourth-order valence-electron chi connectivity index (χ4n) is 2.25. The molecular weight excluding hydrogens is 244 g/mol. The summed E-state index contributed by atoms with van der Waals surface area (Å²) >= 11 is 5.19. The molecule has 0 fully saturated rings. The van der Waals surface area contributed by atoms with E-state index in [0.29, 0.717) is 4.77 Å². The zero-order valence-corrected chi connectivity index (χ0v) is 10.8. The van der Waals surface area contributed by atoms with Gasteiger partial charge in [0.25, 0.3) is 0 Å². The maximum atomic E-state index is 5.19. The van der Waals surface area contributed by atoms with Crippen LogP contribution in [0.2, 0.25) is 0 Å². The van der Waals surface area contributed by atoms with Gasteiger partial charge in [-0.3, -0.25) is 4.98 Å². The van der Waals surface area contributed by atoms with Gasteiger partial charge in [0.05, 0.1) is 11.4 Å². The van der Waals surface area contributed by atoms with Crippen LogP contribution in [0.15, 0.2) is 24.4 Å². The molecule has 0 saturated carbocycles. The highest BCUT2D eigenvalue weighted by Crippen LogP contribution is 2.27. The van der Waals surface area contributed by atoms with E-state index in [9.17, 15) is 0 Å². The number of rotatable bonds is 1. The standard InChI is InChI=1S/C13H14N4S/c18-13-16-11(10-6-2-4-7-14-10)9-5-1-3-8-15-12(9)17-13/h2,4,6-7H,1,3,5,8H2,(H2,15,16,17,18). The second-order valence-corrected chi connectivity index (χ2v) is 4.73. The number of hydrogen-bond acceptors (Lipinski definition) is 4. The third-order valence-electron chi connectivity index (χ3n) is 3.10. The zero-order chi connectivity index (χ0) is 12.4. The van der Waals surface area contributed by atoms with Gasteiger partial charge in [0.15, 0.2) is 4.77 Å². The van der Waals surface area contributed by atoms with Gasteiger partial charge in [-0.1, -0.05) is 6.07 Å². The third kappa shape index (κ3) is 2.13. The smallest absolute Gasteiger partial charge is 0.199 e. The van der Waals surface area contributed by atoms with Crippen molar-refractivity contribution >= 4 is 18.0 Å². The van der Waals surface area contributed by atoms with Crippen LogP contribution in [0.3, 0.4) is 0 Å².